The molecule has 4 rings (SSSR count). The maximum Gasteiger partial charge on any atom is 0.351 e. The van der Waals surface area contributed by atoms with Gasteiger partial charge in [-0.15, -0.1) is 0 Å². The SMILES string of the molecule is CCCOc1ccc2c(c1)/C(=N/n1cc(O)n(CCCCN3CCCCC3)c1=O)CCO2. The van der Waals surface area contributed by atoms with Crippen LogP contribution in [-0.2, 0) is 6.54 Å². The number of rotatable bonds is 9. The van der Waals surface area contributed by atoms with Crippen LogP contribution in [0.15, 0.2) is 34.3 Å². The normalized spacial score (nSPS) is 17.8. The molecule has 8 heteroatoms. The summed E-state index contributed by atoms with van der Waals surface area (Å²) in [6.07, 6.45) is 8.66. The smallest absolute Gasteiger partial charge is 0.351 e. The second-order valence-corrected chi connectivity index (χ2v) is 8.53. The molecule has 1 N–H and O–H groups in total. The third-order valence-electron chi connectivity index (χ3n) is 6.06. The van der Waals surface area contributed by atoms with Crippen molar-refractivity contribution in [1.29, 1.82) is 0 Å². The first kappa shape index (κ1) is 22.5. The average Bonchev–Trinajstić information content (AvgIpc) is 3.08. The van der Waals surface area contributed by atoms with E-state index in [2.05, 4.69) is 16.9 Å². The van der Waals surface area contributed by atoms with Crippen molar-refractivity contribution in [2.75, 3.05) is 32.8 Å². The van der Waals surface area contributed by atoms with Gasteiger partial charge in [-0.1, -0.05) is 13.3 Å². The number of hydrogen-bond donors (Lipinski definition) is 1. The molecular formula is C24H34N4O4. The van der Waals surface area contributed by atoms with Crippen molar-refractivity contribution in [1.82, 2.24) is 14.1 Å². The quantitative estimate of drug-likeness (QED) is 0.602. The van der Waals surface area contributed by atoms with Crippen LogP contribution < -0.4 is 15.2 Å². The van der Waals surface area contributed by atoms with E-state index in [0.717, 1.165) is 48.6 Å². The highest BCUT2D eigenvalue weighted by Gasteiger charge is 2.19. The fraction of sp³-hybridized carbons (Fsp3) is 0.583. The minimum absolute atomic E-state index is 0.0513. The third kappa shape index (κ3) is 5.35. The molecule has 0 atom stereocenters. The first-order chi connectivity index (χ1) is 15.7. The van der Waals surface area contributed by atoms with Crippen LogP contribution in [-0.4, -0.2) is 57.8 Å². The van der Waals surface area contributed by atoms with Crippen molar-refractivity contribution in [2.24, 2.45) is 5.10 Å². The van der Waals surface area contributed by atoms with Crippen LogP contribution in [0.3, 0.4) is 0 Å². The lowest BCUT2D eigenvalue weighted by Gasteiger charge is -2.26. The van der Waals surface area contributed by atoms with Crippen LogP contribution in [0.1, 0.15) is 57.4 Å². The summed E-state index contributed by atoms with van der Waals surface area (Å²) in [6.45, 7) is 7.10. The van der Waals surface area contributed by atoms with Crippen molar-refractivity contribution in [3.8, 4) is 17.4 Å². The van der Waals surface area contributed by atoms with Crippen LogP contribution in [0, 0.1) is 0 Å². The standard InChI is InChI=1S/C24H34N4O4/c1-2-15-31-19-8-9-22-20(17-19)21(10-16-32-22)25-28-18-23(29)27(24(28)30)14-7-6-13-26-11-4-3-5-12-26/h8-9,17-18,29H,2-7,10-16H2,1H3/b25-21+. The van der Waals surface area contributed by atoms with Crippen molar-refractivity contribution in [3.63, 3.8) is 0 Å². The number of piperidine rings is 1. The summed E-state index contributed by atoms with van der Waals surface area (Å²) in [4.78, 5) is 15.4. The molecule has 0 saturated carbocycles. The Morgan fingerprint density at radius 2 is 1.97 bits per heavy atom. The van der Waals surface area contributed by atoms with Gasteiger partial charge in [0, 0.05) is 18.5 Å². The number of ether oxygens (including phenoxy) is 2. The molecule has 2 aromatic rings. The van der Waals surface area contributed by atoms with Gasteiger partial charge in [0.1, 0.15) is 11.5 Å². The van der Waals surface area contributed by atoms with Gasteiger partial charge >= 0.3 is 5.69 Å². The summed E-state index contributed by atoms with van der Waals surface area (Å²) >= 11 is 0. The predicted molar refractivity (Wildman–Crippen MR) is 124 cm³/mol. The number of fused-ring (bicyclic) bond motifs is 1. The number of imidazole rings is 1. The molecule has 8 nitrogen and oxygen atoms in total. The van der Waals surface area contributed by atoms with E-state index < -0.39 is 0 Å². The van der Waals surface area contributed by atoms with Gasteiger partial charge < -0.3 is 19.5 Å². The number of unbranched alkanes of at least 4 members (excludes halogenated alkanes) is 1. The number of nitrogens with zero attached hydrogens (tertiary/aromatic N) is 4. The lowest BCUT2D eigenvalue weighted by molar-refractivity contribution is 0.223. The minimum Gasteiger partial charge on any atom is -0.494 e. The molecule has 0 aliphatic carbocycles. The Hall–Kier alpha value is -2.74. The highest BCUT2D eigenvalue weighted by atomic mass is 16.5. The Morgan fingerprint density at radius 3 is 2.78 bits per heavy atom. The molecule has 1 fully saturated rings. The third-order valence-corrected chi connectivity index (χ3v) is 6.06. The van der Waals surface area contributed by atoms with Crippen LogP contribution in [0.25, 0.3) is 0 Å². The van der Waals surface area contributed by atoms with E-state index in [1.165, 1.54) is 47.8 Å². The predicted octanol–water partition coefficient (Wildman–Crippen LogP) is 3.45. The summed E-state index contributed by atoms with van der Waals surface area (Å²) in [6, 6.07) is 5.67. The summed E-state index contributed by atoms with van der Waals surface area (Å²) in [7, 11) is 0. The summed E-state index contributed by atoms with van der Waals surface area (Å²) in [5, 5.41) is 14.9. The molecule has 32 heavy (non-hydrogen) atoms. The summed E-state index contributed by atoms with van der Waals surface area (Å²) < 4.78 is 14.1. The Morgan fingerprint density at radius 1 is 1.16 bits per heavy atom. The largest absolute Gasteiger partial charge is 0.494 e. The molecule has 1 aromatic heterocycles. The number of aromatic nitrogens is 2. The van der Waals surface area contributed by atoms with Gasteiger partial charge in [0.25, 0.3) is 0 Å². The second-order valence-electron chi connectivity index (χ2n) is 8.53. The van der Waals surface area contributed by atoms with E-state index in [1.54, 1.807) is 0 Å². The van der Waals surface area contributed by atoms with Crippen LogP contribution in [0.4, 0.5) is 0 Å². The molecular weight excluding hydrogens is 408 g/mol. The van der Waals surface area contributed by atoms with E-state index in [-0.39, 0.29) is 11.6 Å². The van der Waals surface area contributed by atoms with Gasteiger partial charge in [-0.3, -0.25) is 4.57 Å². The van der Waals surface area contributed by atoms with Gasteiger partial charge in [-0.2, -0.15) is 9.78 Å². The van der Waals surface area contributed by atoms with E-state index in [4.69, 9.17) is 9.47 Å². The molecule has 0 unspecified atom stereocenters. The van der Waals surface area contributed by atoms with E-state index in [9.17, 15) is 9.90 Å². The molecule has 3 heterocycles. The van der Waals surface area contributed by atoms with Crippen molar-refractivity contribution in [2.45, 2.75) is 58.4 Å². The zero-order valence-corrected chi connectivity index (χ0v) is 19.0. The fourth-order valence-electron chi connectivity index (χ4n) is 4.32. The topological polar surface area (TPSA) is 81.2 Å². The lowest BCUT2D eigenvalue weighted by atomic mass is 10.0. The molecule has 0 spiro atoms. The van der Waals surface area contributed by atoms with Gasteiger partial charge in [0.2, 0.25) is 5.88 Å². The molecule has 174 valence electrons. The van der Waals surface area contributed by atoms with Crippen LogP contribution >= 0.6 is 0 Å². The van der Waals surface area contributed by atoms with E-state index in [1.807, 2.05) is 18.2 Å². The Bertz CT molecular complexity index is 988. The Labute approximate surface area is 189 Å². The second kappa shape index (κ2) is 10.7. The Kier molecular flexibility index (Phi) is 7.52. The maximum atomic E-state index is 12.9. The first-order valence-electron chi connectivity index (χ1n) is 11.9. The zero-order chi connectivity index (χ0) is 22.3. The average molecular weight is 443 g/mol. The number of hydrogen-bond acceptors (Lipinski definition) is 6. The van der Waals surface area contributed by atoms with E-state index >= 15 is 0 Å². The molecule has 1 aromatic carbocycles. The van der Waals surface area contributed by atoms with Gasteiger partial charge in [-0.25, -0.2) is 4.79 Å². The lowest BCUT2D eigenvalue weighted by Crippen LogP contribution is -2.31. The highest BCUT2D eigenvalue weighted by Crippen LogP contribution is 2.29. The number of aromatic hydroxyl groups is 1. The molecule has 1 saturated heterocycles. The van der Waals surface area contributed by atoms with Gasteiger partial charge in [0.05, 0.1) is 25.1 Å². The fourth-order valence-corrected chi connectivity index (χ4v) is 4.32. The first-order valence-corrected chi connectivity index (χ1v) is 11.9. The van der Waals surface area contributed by atoms with Crippen LogP contribution in [0.5, 0.6) is 17.4 Å². The van der Waals surface area contributed by atoms with Gasteiger partial charge in [-0.05, 0) is 69.9 Å². The van der Waals surface area contributed by atoms with Crippen molar-refractivity contribution in [3.05, 3.63) is 40.4 Å². The summed E-state index contributed by atoms with van der Waals surface area (Å²) in [5.74, 6) is 1.43. The minimum atomic E-state index is -0.320. The monoisotopic (exact) mass is 442 g/mol. The summed E-state index contributed by atoms with van der Waals surface area (Å²) in [5.41, 5.74) is 1.25. The van der Waals surface area contributed by atoms with Crippen LogP contribution in [0.2, 0.25) is 0 Å². The molecule has 2 aliphatic rings. The Balaban J connectivity index is 1.45. The van der Waals surface area contributed by atoms with E-state index in [0.29, 0.717) is 26.2 Å². The number of benzene rings is 1. The highest BCUT2D eigenvalue weighted by molar-refractivity contribution is 6.04. The maximum absolute atomic E-state index is 12.9. The van der Waals surface area contributed by atoms with Crippen molar-refractivity contribution >= 4 is 5.71 Å². The molecule has 0 radical (unpaired) electrons. The molecule has 0 amide bonds. The van der Waals surface area contributed by atoms with Crippen molar-refractivity contribution < 1.29 is 14.6 Å². The van der Waals surface area contributed by atoms with Gasteiger partial charge in [0.15, 0.2) is 0 Å². The number of likely N-dealkylation sites (tertiary alicyclic amines) is 1. The zero-order valence-electron chi connectivity index (χ0n) is 19.0. The molecule has 2 aliphatic heterocycles. The molecule has 0 bridgehead atoms.